The molecule has 1 aliphatic rings. The fraction of sp³-hybridized carbons (Fsp3) is 0.150. The van der Waals surface area contributed by atoms with Crippen LogP contribution in [-0.2, 0) is 4.79 Å². The molecule has 0 saturated carbocycles. The molecule has 0 unspecified atom stereocenters. The van der Waals surface area contributed by atoms with Crippen molar-refractivity contribution in [3.05, 3.63) is 58.5 Å². The molecule has 2 aromatic carbocycles. The number of hydrogen-bond donors (Lipinski definition) is 1. The molecule has 29 heavy (non-hydrogen) atoms. The van der Waals surface area contributed by atoms with Gasteiger partial charge in [-0.15, -0.1) is 0 Å². The average Bonchev–Trinajstić information content (AvgIpc) is 3.01. The van der Waals surface area contributed by atoms with Gasteiger partial charge in [0, 0.05) is 17.2 Å². The largest absolute Gasteiger partial charge is 0.496 e. The topological polar surface area (TPSA) is 77.1 Å². The number of benzene rings is 2. The van der Waals surface area contributed by atoms with Crippen molar-refractivity contribution in [2.24, 2.45) is 0 Å². The number of thiocarbonyl (C=S) groups is 1. The van der Waals surface area contributed by atoms with Gasteiger partial charge in [-0.3, -0.25) is 15.0 Å². The summed E-state index contributed by atoms with van der Waals surface area (Å²) in [5.41, 5.74) is 3.58. The number of hydrazine groups is 1. The Labute approximate surface area is 177 Å². The maximum absolute atomic E-state index is 12.8. The monoisotopic (exact) mass is 430 g/mol. The van der Waals surface area contributed by atoms with E-state index in [1.54, 1.807) is 48.5 Å². The average molecular weight is 431 g/mol. The van der Waals surface area contributed by atoms with Gasteiger partial charge < -0.3 is 14.2 Å². The van der Waals surface area contributed by atoms with Crippen LogP contribution in [0.15, 0.2) is 47.4 Å². The fourth-order valence-corrected chi connectivity index (χ4v) is 3.80. The van der Waals surface area contributed by atoms with E-state index in [9.17, 15) is 9.59 Å². The van der Waals surface area contributed by atoms with Gasteiger partial charge in [0.25, 0.3) is 11.8 Å². The van der Waals surface area contributed by atoms with Crippen LogP contribution < -0.4 is 19.6 Å². The number of ether oxygens (including phenoxy) is 3. The Morgan fingerprint density at radius 3 is 2.28 bits per heavy atom. The van der Waals surface area contributed by atoms with Crippen molar-refractivity contribution >= 4 is 46.2 Å². The van der Waals surface area contributed by atoms with Crippen molar-refractivity contribution in [1.82, 2.24) is 10.4 Å². The predicted molar refractivity (Wildman–Crippen MR) is 115 cm³/mol. The van der Waals surface area contributed by atoms with Crippen LogP contribution in [0.1, 0.15) is 15.9 Å². The summed E-state index contributed by atoms with van der Waals surface area (Å²) in [6, 6.07) is 11.9. The van der Waals surface area contributed by atoms with Gasteiger partial charge in [-0.05, 0) is 36.5 Å². The number of nitrogens with zero attached hydrogens (tertiary/aromatic N) is 1. The molecule has 3 rings (SSSR count). The summed E-state index contributed by atoms with van der Waals surface area (Å²) in [6.45, 7) is 0. The maximum Gasteiger partial charge on any atom is 0.285 e. The van der Waals surface area contributed by atoms with E-state index in [1.165, 1.54) is 21.3 Å². The van der Waals surface area contributed by atoms with Crippen LogP contribution in [0.25, 0.3) is 6.08 Å². The number of thioether (sulfide) groups is 1. The zero-order valence-electron chi connectivity index (χ0n) is 15.9. The highest BCUT2D eigenvalue weighted by atomic mass is 32.2. The zero-order valence-corrected chi connectivity index (χ0v) is 17.6. The van der Waals surface area contributed by atoms with Crippen molar-refractivity contribution in [3.63, 3.8) is 0 Å². The molecule has 0 aromatic heterocycles. The Hall–Kier alpha value is -3.04. The highest BCUT2D eigenvalue weighted by Crippen LogP contribution is 2.38. The highest BCUT2D eigenvalue weighted by Gasteiger charge is 2.34. The molecule has 0 atom stereocenters. The summed E-state index contributed by atoms with van der Waals surface area (Å²) in [7, 11) is 4.56. The second kappa shape index (κ2) is 8.97. The summed E-state index contributed by atoms with van der Waals surface area (Å²) < 4.78 is 16.2. The zero-order chi connectivity index (χ0) is 21.0. The Morgan fingerprint density at radius 1 is 1.03 bits per heavy atom. The molecule has 1 aliphatic heterocycles. The Morgan fingerprint density at radius 2 is 1.66 bits per heavy atom. The number of carbonyl (C=O) groups is 2. The van der Waals surface area contributed by atoms with Crippen LogP contribution in [0.4, 0.5) is 0 Å². The van der Waals surface area contributed by atoms with Crippen molar-refractivity contribution in [3.8, 4) is 17.2 Å². The lowest BCUT2D eigenvalue weighted by Crippen LogP contribution is -2.44. The Kier molecular flexibility index (Phi) is 6.40. The third-order valence-electron chi connectivity index (χ3n) is 4.07. The lowest BCUT2D eigenvalue weighted by Gasteiger charge is -2.15. The molecule has 1 heterocycles. The van der Waals surface area contributed by atoms with Crippen LogP contribution in [0, 0.1) is 0 Å². The van der Waals surface area contributed by atoms with Gasteiger partial charge in [-0.2, -0.15) is 5.01 Å². The maximum atomic E-state index is 12.8. The molecule has 150 valence electrons. The second-order valence-electron chi connectivity index (χ2n) is 5.77. The number of hydrogen-bond acceptors (Lipinski definition) is 7. The second-order valence-corrected chi connectivity index (χ2v) is 7.45. The van der Waals surface area contributed by atoms with Gasteiger partial charge in [-0.25, -0.2) is 0 Å². The molecule has 1 fully saturated rings. The first kappa shape index (κ1) is 20.7. The highest BCUT2D eigenvalue weighted by molar-refractivity contribution is 8.26. The van der Waals surface area contributed by atoms with E-state index in [0.717, 1.165) is 16.8 Å². The molecule has 0 spiro atoms. The van der Waals surface area contributed by atoms with Crippen LogP contribution in [0.5, 0.6) is 17.2 Å². The van der Waals surface area contributed by atoms with Gasteiger partial charge in [0.1, 0.15) is 5.75 Å². The molecule has 0 radical (unpaired) electrons. The van der Waals surface area contributed by atoms with Gasteiger partial charge in [-0.1, -0.05) is 30.0 Å². The summed E-state index contributed by atoms with van der Waals surface area (Å²) in [5, 5.41) is 1.06. The van der Waals surface area contributed by atoms with Gasteiger partial charge in [0.2, 0.25) is 0 Å². The lowest BCUT2D eigenvalue weighted by molar-refractivity contribution is -0.123. The Balaban J connectivity index is 1.87. The summed E-state index contributed by atoms with van der Waals surface area (Å²) in [4.78, 5) is 25.5. The standard InChI is InChI=1S/C20H18N2O5S2/c1-25-14-11-16(27-3)15(26-2)9-13(14)10-17-19(24)22(20(28)29-17)21-18(23)12-7-5-4-6-8-12/h4-11H,1-3H3,(H,21,23)/b17-10-. The quantitative estimate of drug-likeness (QED) is 0.557. The molecule has 0 aliphatic carbocycles. The molecule has 2 amide bonds. The number of amides is 2. The number of carbonyl (C=O) groups excluding carboxylic acids is 2. The van der Waals surface area contributed by atoms with Crippen LogP contribution in [0.2, 0.25) is 0 Å². The molecule has 2 aromatic rings. The normalized spacial score (nSPS) is 14.9. The van der Waals surface area contributed by atoms with E-state index in [-0.39, 0.29) is 4.32 Å². The predicted octanol–water partition coefficient (Wildman–Crippen LogP) is 3.26. The van der Waals surface area contributed by atoms with Crippen molar-refractivity contribution in [1.29, 1.82) is 0 Å². The van der Waals surface area contributed by atoms with E-state index in [0.29, 0.717) is 33.3 Å². The number of methoxy groups -OCH3 is 3. The van der Waals surface area contributed by atoms with Crippen molar-refractivity contribution in [2.45, 2.75) is 0 Å². The minimum atomic E-state index is -0.430. The number of nitrogens with one attached hydrogen (secondary N) is 1. The summed E-state index contributed by atoms with van der Waals surface area (Å²) in [6.07, 6.45) is 1.63. The third kappa shape index (κ3) is 4.36. The summed E-state index contributed by atoms with van der Waals surface area (Å²) >= 11 is 6.35. The Bertz CT molecular complexity index is 992. The van der Waals surface area contributed by atoms with E-state index in [4.69, 9.17) is 26.4 Å². The minimum Gasteiger partial charge on any atom is -0.496 e. The SMILES string of the molecule is COc1cc(OC)c(OC)cc1/C=C1\SC(=S)N(NC(=O)c2ccccc2)C1=O. The first-order valence-electron chi connectivity index (χ1n) is 8.42. The first-order valence-corrected chi connectivity index (χ1v) is 9.65. The summed E-state index contributed by atoms with van der Waals surface area (Å²) in [5.74, 6) is 0.644. The van der Waals surface area contributed by atoms with E-state index >= 15 is 0 Å². The smallest absolute Gasteiger partial charge is 0.285 e. The van der Waals surface area contributed by atoms with Gasteiger partial charge >= 0.3 is 0 Å². The van der Waals surface area contributed by atoms with Gasteiger partial charge in [0.15, 0.2) is 15.8 Å². The minimum absolute atomic E-state index is 0.227. The molecular weight excluding hydrogens is 412 g/mol. The van der Waals surface area contributed by atoms with Crippen molar-refractivity contribution in [2.75, 3.05) is 21.3 Å². The fourth-order valence-electron chi connectivity index (χ4n) is 2.63. The molecular formula is C20H18N2O5S2. The van der Waals surface area contributed by atoms with Gasteiger partial charge in [0.05, 0.1) is 26.2 Å². The lowest BCUT2D eigenvalue weighted by atomic mass is 10.1. The molecule has 7 nitrogen and oxygen atoms in total. The molecule has 1 N–H and O–H groups in total. The van der Waals surface area contributed by atoms with E-state index < -0.39 is 11.8 Å². The van der Waals surface area contributed by atoms with E-state index in [2.05, 4.69) is 5.43 Å². The molecule has 9 heteroatoms. The van der Waals surface area contributed by atoms with Crippen LogP contribution in [0.3, 0.4) is 0 Å². The van der Waals surface area contributed by atoms with Crippen molar-refractivity contribution < 1.29 is 23.8 Å². The molecule has 1 saturated heterocycles. The van der Waals surface area contributed by atoms with Crippen LogP contribution in [-0.4, -0.2) is 42.5 Å². The molecule has 0 bridgehead atoms. The first-order chi connectivity index (χ1) is 14.0. The van der Waals surface area contributed by atoms with E-state index in [1.807, 2.05) is 0 Å². The third-order valence-corrected chi connectivity index (χ3v) is 5.37. The van der Waals surface area contributed by atoms with Crippen LogP contribution >= 0.6 is 24.0 Å². The number of rotatable bonds is 6.